The van der Waals surface area contributed by atoms with Gasteiger partial charge in [-0.15, -0.1) is 0 Å². The summed E-state index contributed by atoms with van der Waals surface area (Å²) in [4.78, 5) is 23.6. The van der Waals surface area contributed by atoms with Crippen LogP contribution >= 0.6 is 0 Å². The highest BCUT2D eigenvalue weighted by atomic mass is 16.5. The third-order valence-electron chi connectivity index (χ3n) is 3.89. The number of hydrogen-bond acceptors (Lipinski definition) is 4. The molecule has 27 heavy (non-hydrogen) atoms. The van der Waals surface area contributed by atoms with Crippen LogP contribution < -0.4 is 10.1 Å². The molecule has 5 heteroatoms. The Bertz CT molecular complexity index is 980. The van der Waals surface area contributed by atoms with Crippen LogP contribution in [0.15, 0.2) is 72.8 Å². The molecule has 136 valence electrons. The quantitative estimate of drug-likeness (QED) is 0.531. The van der Waals surface area contributed by atoms with E-state index in [1.165, 1.54) is 6.08 Å². The van der Waals surface area contributed by atoms with Gasteiger partial charge in [0.05, 0.1) is 7.11 Å². The molecule has 0 aliphatic carbocycles. The van der Waals surface area contributed by atoms with Crippen LogP contribution in [-0.2, 0) is 14.3 Å². The van der Waals surface area contributed by atoms with Crippen LogP contribution in [0, 0.1) is 0 Å². The molecule has 0 fully saturated rings. The Hall–Kier alpha value is -3.60. The number of nitrogens with one attached hydrogen (secondary N) is 1. The Morgan fingerprint density at radius 1 is 0.963 bits per heavy atom. The van der Waals surface area contributed by atoms with Gasteiger partial charge < -0.3 is 14.8 Å². The van der Waals surface area contributed by atoms with Gasteiger partial charge in [0.25, 0.3) is 5.91 Å². The van der Waals surface area contributed by atoms with Crippen molar-refractivity contribution in [2.75, 3.05) is 19.0 Å². The summed E-state index contributed by atoms with van der Waals surface area (Å²) in [6.45, 7) is -0.338. The van der Waals surface area contributed by atoms with Crippen LogP contribution in [0.1, 0.15) is 5.56 Å². The lowest BCUT2D eigenvalue weighted by atomic mass is 10.1. The SMILES string of the molecule is COc1ccc2cc(/C=C/C(=O)OCC(=O)Nc3ccccc3)ccc2c1. The minimum absolute atomic E-state index is 0.338. The zero-order chi connectivity index (χ0) is 19.1. The third-order valence-corrected chi connectivity index (χ3v) is 3.89. The Labute approximate surface area is 157 Å². The highest BCUT2D eigenvalue weighted by molar-refractivity contribution is 5.95. The second-order valence-electron chi connectivity index (χ2n) is 5.83. The van der Waals surface area contributed by atoms with Crippen molar-refractivity contribution in [1.82, 2.24) is 0 Å². The highest BCUT2D eigenvalue weighted by Gasteiger charge is 2.05. The number of carbonyl (C=O) groups excluding carboxylic acids is 2. The number of esters is 1. The lowest BCUT2D eigenvalue weighted by molar-refractivity contribution is -0.142. The fraction of sp³-hybridized carbons (Fsp3) is 0.0909. The predicted octanol–water partition coefficient (Wildman–Crippen LogP) is 4.04. The number of para-hydroxylation sites is 1. The number of anilines is 1. The van der Waals surface area contributed by atoms with Gasteiger partial charge in [-0.2, -0.15) is 0 Å². The molecule has 0 radical (unpaired) electrons. The van der Waals surface area contributed by atoms with Crippen molar-refractivity contribution in [3.8, 4) is 5.75 Å². The van der Waals surface area contributed by atoms with Crippen molar-refractivity contribution < 1.29 is 19.1 Å². The molecule has 0 spiro atoms. The van der Waals surface area contributed by atoms with Crippen molar-refractivity contribution in [2.45, 2.75) is 0 Å². The number of ether oxygens (including phenoxy) is 2. The van der Waals surface area contributed by atoms with Crippen LogP contribution in [0.5, 0.6) is 5.75 Å². The number of amides is 1. The molecule has 3 rings (SSSR count). The third kappa shape index (κ3) is 5.19. The van der Waals surface area contributed by atoms with E-state index in [0.717, 1.165) is 22.1 Å². The molecule has 1 N–H and O–H groups in total. The minimum Gasteiger partial charge on any atom is -0.497 e. The number of rotatable bonds is 6. The molecule has 0 saturated heterocycles. The lowest BCUT2D eigenvalue weighted by Crippen LogP contribution is -2.20. The van der Waals surface area contributed by atoms with Gasteiger partial charge in [-0.3, -0.25) is 4.79 Å². The Morgan fingerprint density at radius 3 is 2.48 bits per heavy atom. The Kier molecular flexibility index (Phi) is 5.84. The van der Waals surface area contributed by atoms with Gasteiger partial charge in [-0.25, -0.2) is 4.79 Å². The zero-order valence-electron chi connectivity index (χ0n) is 14.8. The first-order valence-electron chi connectivity index (χ1n) is 8.41. The first-order chi connectivity index (χ1) is 13.1. The van der Waals surface area contributed by atoms with E-state index in [-0.39, 0.29) is 12.5 Å². The number of benzene rings is 3. The summed E-state index contributed by atoms with van der Waals surface area (Å²) in [5, 5.41) is 4.73. The first kappa shape index (κ1) is 18.2. The van der Waals surface area contributed by atoms with Gasteiger partial charge >= 0.3 is 5.97 Å². The van der Waals surface area contributed by atoms with Gasteiger partial charge in [0, 0.05) is 11.8 Å². The lowest BCUT2D eigenvalue weighted by Gasteiger charge is -2.05. The standard InChI is InChI=1S/C22H19NO4/c1-26-20-11-10-17-13-16(7-9-18(17)14-20)8-12-22(25)27-15-21(24)23-19-5-3-2-4-6-19/h2-14H,15H2,1H3,(H,23,24)/b12-8+. The molecule has 3 aromatic carbocycles. The molecule has 0 saturated carbocycles. The van der Waals surface area contributed by atoms with Gasteiger partial charge in [0.15, 0.2) is 6.61 Å². The second kappa shape index (κ2) is 8.67. The van der Waals surface area contributed by atoms with Crippen LogP contribution in [0.25, 0.3) is 16.8 Å². The topological polar surface area (TPSA) is 64.6 Å². The maximum absolute atomic E-state index is 11.8. The summed E-state index contributed by atoms with van der Waals surface area (Å²) in [7, 11) is 1.63. The molecule has 1 amide bonds. The summed E-state index contributed by atoms with van der Waals surface area (Å²) in [5.41, 5.74) is 1.51. The average molecular weight is 361 g/mol. The van der Waals surface area contributed by atoms with Crippen LogP contribution in [0.2, 0.25) is 0 Å². The molecule has 0 heterocycles. The molecule has 0 aliphatic rings. The highest BCUT2D eigenvalue weighted by Crippen LogP contribution is 2.22. The normalized spacial score (nSPS) is 10.7. The van der Waals surface area contributed by atoms with Crippen LogP contribution in [-0.4, -0.2) is 25.6 Å². The average Bonchev–Trinajstić information content (AvgIpc) is 2.71. The molecule has 0 aromatic heterocycles. The zero-order valence-corrected chi connectivity index (χ0v) is 14.8. The molecular weight excluding hydrogens is 342 g/mol. The van der Waals surface area contributed by atoms with E-state index in [0.29, 0.717) is 5.69 Å². The van der Waals surface area contributed by atoms with Gasteiger partial charge in [0.1, 0.15) is 5.75 Å². The number of methoxy groups -OCH3 is 1. The first-order valence-corrected chi connectivity index (χ1v) is 8.41. The molecule has 0 aliphatic heterocycles. The molecule has 3 aromatic rings. The van der Waals surface area contributed by atoms with E-state index in [9.17, 15) is 9.59 Å². The summed E-state index contributed by atoms with van der Waals surface area (Å²) < 4.78 is 10.2. The van der Waals surface area contributed by atoms with Crippen molar-refractivity contribution in [1.29, 1.82) is 0 Å². The van der Waals surface area contributed by atoms with E-state index in [4.69, 9.17) is 9.47 Å². The summed E-state index contributed by atoms with van der Waals surface area (Å²) >= 11 is 0. The fourth-order valence-electron chi connectivity index (χ4n) is 2.54. The van der Waals surface area contributed by atoms with E-state index in [1.807, 2.05) is 54.6 Å². The maximum atomic E-state index is 11.8. The van der Waals surface area contributed by atoms with Crippen molar-refractivity contribution >= 4 is 34.4 Å². The van der Waals surface area contributed by atoms with Crippen LogP contribution in [0.3, 0.4) is 0 Å². The minimum atomic E-state index is -0.576. The monoisotopic (exact) mass is 361 g/mol. The molecule has 5 nitrogen and oxygen atoms in total. The van der Waals surface area contributed by atoms with E-state index in [1.54, 1.807) is 25.3 Å². The Balaban J connectivity index is 1.55. The van der Waals surface area contributed by atoms with Gasteiger partial charge in [0.2, 0.25) is 0 Å². The number of fused-ring (bicyclic) bond motifs is 1. The largest absolute Gasteiger partial charge is 0.497 e. The number of hydrogen-bond donors (Lipinski definition) is 1. The summed E-state index contributed by atoms with van der Waals surface area (Å²) in [5.74, 6) is -0.168. The fourth-order valence-corrected chi connectivity index (χ4v) is 2.54. The maximum Gasteiger partial charge on any atom is 0.331 e. The van der Waals surface area contributed by atoms with Crippen molar-refractivity contribution in [2.24, 2.45) is 0 Å². The summed E-state index contributed by atoms with van der Waals surface area (Å²) in [6, 6.07) is 20.6. The number of carbonyl (C=O) groups is 2. The van der Waals surface area contributed by atoms with Crippen LogP contribution in [0.4, 0.5) is 5.69 Å². The summed E-state index contributed by atoms with van der Waals surface area (Å²) in [6.07, 6.45) is 2.96. The molecular formula is C22H19NO4. The second-order valence-corrected chi connectivity index (χ2v) is 5.83. The molecule has 0 bridgehead atoms. The molecule has 0 unspecified atom stereocenters. The Morgan fingerprint density at radius 2 is 1.70 bits per heavy atom. The van der Waals surface area contributed by atoms with E-state index < -0.39 is 5.97 Å². The van der Waals surface area contributed by atoms with Crippen molar-refractivity contribution in [3.05, 3.63) is 78.4 Å². The predicted molar refractivity (Wildman–Crippen MR) is 106 cm³/mol. The van der Waals surface area contributed by atoms with Gasteiger partial charge in [-0.1, -0.05) is 36.4 Å². The van der Waals surface area contributed by atoms with Gasteiger partial charge in [-0.05, 0) is 52.7 Å². The molecule has 0 atom stereocenters. The van der Waals surface area contributed by atoms with E-state index in [2.05, 4.69) is 5.32 Å². The van der Waals surface area contributed by atoms with E-state index >= 15 is 0 Å². The smallest absolute Gasteiger partial charge is 0.331 e. The van der Waals surface area contributed by atoms with Crippen molar-refractivity contribution in [3.63, 3.8) is 0 Å².